The van der Waals surface area contributed by atoms with Gasteiger partial charge in [-0.2, -0.15) is 0 Å². The van der Waals surface area contributed by atoms with E-state index in [9.17, 15) is 9.00 Å². The highest BCUT2D eigenvalue weighted by molar-refractivity contribution is 7.98. The lowest BCUT2D eigenvalue weighted by atomic mass is 10.1. The maximum atomic E-state index is 13.5. The van der Waals surface area contributed by atoms with Crippen LogP contribution in [0.5, 0.6) is 0 Å². The Morgan fingerprint density at radius 2 is 1.75 bits per heavy atom. The van der Waals surface area contributed by atoms with Crippen molar-refractivity contribution in [3.8, 4) is 0 Å². The van der Waals surface area contributed by atoms with Crippen LogP contribution in [0.3, 0.4) is 0 Å². The van der Waals surface area contributed by atoms with Gasteiger partial charge < -0.3 is 9.64 Å². The predicted molar refractivity (Wildman–Crippen MR) is 116 cm³/mol. The van der Waals surface area contributed by atoms with Crippen LogP contribution in [0.1, 0.15) is 39.2 Å². The van der Waals surface area contributed by atoms with E-state index in [1.54, 1.807) is 4.90 Å². The average Bonchev–Trinajstić information content (AvgIpc) is 2.61. The molecular weight excluding hydrogens is 372 g/mol. The van der Waals surface area contributed by atoms with Gasteiger partial charge >= 0.3 is 6.09 Å². The number of carbonyl (C=O) groups is 1. The summed E-state index contributed by atoms with van der Waals surface area (Å²) >= 11 is 0. The summed E-state index contributed by atoms with van der Waals surface area (Å²) in [4.78, 5) is 14.7. The van der Waals surface area contributed by atoms with Crippen molar-refractivity contribution in [1.29, 1.82) is 0 Å². The molecule has 0 aromatic heterocycles. The lowest BCUT2D eigenvalue weighted by Crippen LogP contribution is -2.47. The first-order chi connectivity index (χ1) is 13.1. The number of ether oxygens (including phenoxy) is 1. The number of hydrogen-bond donors (Lipinski definition) is 1. The third-order valence-electron chi connectivity index (χ3n) is 4.96. The third-order valence-corrected chi connectivity index (χ3v) is 6.74. The number of piperidine rings is 1. The summed E-state index contributed by atoms with van der Waals surface area (Å²) in [6.07, 6.45) is 1.15. The molecule has 0 bridgehead atoms. The molecule has 3 rings (SSSR count). The number of amides is 1. The number of aryl methyl sites for hydroxylation is 1. The molecule has 1 saturated heterocycles. The standard InChI is InChI=1S/C22H30N2O3S/c1-16-10-11-20(19-9-7-6-8-18(16)19)28(5,26)23-17-12-14-24(15-13-17)21(25)27-22(2,3)4/h6-11,17H,5,12-15H2,1-4H3,(H,23,26). The largest absolute Gasteiger partial charge is 0.444 e. The van der Waals surface area contributed by atoms with Crippen molar-refractivity contribution >= 4 is 32.4 Å². The molecule has 0 radical (unpaired) electrons. The number of nitrogens with zero attached hydrogens (tertiary/aromatic N) is 1. The Balaban J connectivity index is 1.70. The molecule has 1 aliphatic heterocycles. The van der Waals surface area contributed by atoms with E-state index >= 15 is 0 Å². The molecule has 1 amide bonds. The fourth-order valence-electron chi connectivity index (χ4n) is 3.55. The van der Waals surface area contributed by atoms with Crippen LogP contribution >= 0.6 is 0 Å². The number of benzene rings is 2. The van der Waals surface area contributed by atoms with Gasteiger partial charge in [-0.05, 0) is 68.8 Å². The van der Waals surface area contributed by atoms with Gasteiger partial charge in [0.2, 0.25) is 0 Å². The van der Waals surface area contributed by atoms with Gasteiger partial charge in [0.1, 0.15) is 5.60 Å². The molecule has 1 heterocycles. The van der Waals surface area contributed by atoms with Gasteiger partial charge in [-0.25, -0.2) is 13.7 Å². The first kappa shape index (κ1) is 20.7. The molecule has 1 N–H and O–H groups in total. The van der Waals surface area contributed by atoms with Gasteiger partial charge in [-0.15, -0.1) is 0 Å². The van der Waals surface area contributed by atoms with Crippen LogP contribution in [-0.2, 0) is 14.4 Å². The van der Waals surface area contributed by atoms with Gasteiger partial charge in [0.15, 0.2) is 0 Å². The van der Waals surface area contributed by atoms with Crippen LogP contribution in [0.4, 0.5) is 4.79 Å². The molecule has 5 nitrogen and oxygen atoms in total. The van der Waals surface area contributed by atoms with Gasteiger partial charge in [0.25, 0.3) is 0 Å². The van der Waals surface area contributed by atoms with Crippen LogP contribution < -0.4 is 4.72 Å². The second kappa shape index (κ2) is 7.76. The molecule has 1 fully saturated rings. The predicted octanol–water partition coefficient (Wildman–Crippen LogP) is 4.13. The summed E-state index contributed by atoms with van der Waals surface area (Å²) in [5.41, 5.74) is 0.653. The van der Waals surface area contributed by atoms with E-state index in [4.69, 9.17) is 4.74 Å². The summed E-state index contributed by atoms with van der Waals surface area (Å²) in [5, 5.41) is 2.07. The average molecular weight is 403 g/mol. The summed E-state index contributed by atoms with van der Waals surface area (Å²) in [6.45, 7) is 8.80. The molecule has 2 aromatic rings. The van der Waals surface area contributed by atoms with Gasteiger partial charge in [-0.1, -0.05) is 30.3 Å². The minimum absolute atomic E-state index is 0.0451. The monoisotopic (exact) mass is 402 g/mol. The number of nitrogens with one attached hydrogen (secondary N) is 1. The Morgan fingerprint density at radius 1 is 1.14 bits per heavy atom. The Hall–Kier alpha value is -2.05. The van der Waals surface area contributed by atoms with Crippen LogP contribution in [0.15, 0.2) is 41.3 Å². The van der Waals surface area contributed by atoms with Crippen molar-refractivity contribution in [2.75, 3.05) is 13.1 Å². The highest BCUT2D eigenvalue weighted by atomic mass is 32.2. The number of fused-ring (bicyclic) bond motifs is 1. The Kier molecular flexibility index (Phi) is 5.73. The van der Waals surface area contributed by atoms with Gasteiger partial charge in [0, 0.05) is 19.1 Å². The molecule has 0 spiro atoms. The summed E-state index contributed by atoms with van der Waals surface area (Å²) in [6, 6.07) is 11.9. The molecule has 1 atom stereocenters. The third kappa shape index (κ3) is 4.67. The molecular formula is C22H30N2O3S. The number of likely N-dealkylation sites (tertiary alicyclic amines) is 1. The van der Waals surface area contributed by atoms with E-state index in [0.717, 1.165) is 34.1 Å². The maximum Gasteiger partial charge on any atom is 0.410 e. The molecule has 0 saturated carbocycles. The molecule has 6 heteroatoms. The van der Waals surface area contributed by atoms with E-state index < -0.39 is 15.3 Å². The van der Waals surface area contributed by atoms with Crippen molar-refractivity contribution in [2.45, 2.75) is 57.1 Å². The van der Waals surface area contributed by atoms with Crippen molar-refractivity contribution in [3.63, 3.8) is 0 Å². The first-order valence-electron chi connectivity index (χ1n) is 9.68. The Bertz CT molecular complexity index is 969. The smallest absolute Gasteiger partial charge is 0.410 e. The maximum absolute atomic E-state index is 13.5. The van der Waals surface area contributed by atoms with E-state index in [0.29, 0.717) is 13.1 Å². The molecule has 1 unspecified atom stereocenters. The lowest BCUT2D eigenvalue weighted by molar-refractivity contribution is 0.0204. The Labute approximate surface area is 168 Å². The van der Waals surface area contributed by atoms with Crippen LogP contribution in [0.2, 0.25) is 0 Å². The molecule has 2 aromatic carbocycles. The van der Waals surface area contributed by atoms with Crippen LogP contribution in [0.25, 0.3) is 10.8 Å². The van der Waals surface area contributed by atoms with Crippen molar-refractivity contribution in [3.05, 3.63) is 42.0 Å². The topological polar surface area (TPSA) is 58.6 Å². The van der Waals surface area contributed by atoms with Crippen molar-refractivity contribution in [1.82, 2.24) is 9.62 Å². The minimum Gasteiger partial charge on any atom is -0.444 e. The van der Waals surface area contributed by atoms with Crippen molar-refractivity contribution in [2.24, 2.45) is 0 Å². The fourth-order valence-corrected chi connectivity index (χ4v) is 5.27. The first-order valence-corrected chi connectivity index (χ1v) is 11.4. The number of hydrogen-bond acceptors (Lipinski definition) is 3. The van der Waals surface area contributed by atoms with Gasteiger partial charge in [-0.3, -0.25) is 0 Å². The number of carbonyl (C=O) groups excluding carboxylic acids is 1. The van der Waals surface area contributed by atoms with Crippen LogP contribution in [0, 0.1) is 6.92 Å². The van der Waals surface area contributed by atoms with Gasteiger partial charge in [0.05, 0.1) is 14.6 Å². The van der Waals surface area contributed by atoms with E-state index in [1.807, 2.05) is 57.2 Å². The zero-order valence-electron chi connectivity index (χ0n) is 17.2. The second-order valence-electron chi connectivity index (χ2n) is 8.46. The lowest BCUT2D eigenvalue weighted by Gasteiger charge is -2.34. The molecule has 1 aliphatic rings. The summed E-state index contributed by atoms with van der Waals surface area (Å²) in [5.74, 6) is 4.03. The zero-order valence-corrected chi connectivity index (χ0v) is 18.0. The Morgan fingerprint density at radius 3 is 2.36 bits per heavy atom. The number of rotatable bonds is 3. The SMILES string of the molecule is C=S(=O)(NC1CCN(C(=O)OC(C)(C)C)CC1)c1ccc(C)c2ccccc12. The van der Waals surface area contributed by atoms with E-state index in [-0.39, 0.29) is 12.1 Å². The van der Waals surface area contributed by atoms with Crippen molar-refractivity contribution < 1.29 is 13.7 Å². The zero-order chi connectivity index (χ0) is 20.5. The molecule has 152 valence electrons. The summed E-state index contributed by atoms with van der Waals surface area (Å²) < 4.78 is 22.2. The fraction of sp³-hybridized carbons (Fsp3) is 0.455. The highest BCUT2D eigenvalue weighted by Crippen LogP contribution is 2.26. The quantitative estimate of drug-likeness (QED) is 0.786. The minimum atomic E-state index is -2.65. The molecule has 0 aliphatic carbocycles. The van der Waals surface area contributed by atoms with E-state index in [1.165, 1.54) is 0 Å². The van der Waals surface area contributed by atoms with E-state index in [2.05, 4.69) is 17.5 Å². The normalized spacial score (nSPS) is 18.1. The summed E-state index contributed by atoms with van der Waals surface area (Å²) in [7, 11) is -2.65. The highest BCUT2D eigenvalue weighted by Gasteiger charge is 2.28. The molecule has 28 heavy (non-hydrogen) atoms. The second-order valence-corrected chi connectivity index (χ2v) is 10.5. The van der Waals surface area contributed by atoms with Crippen LogP contribution in [-0.4, -0.2) is 45.8 Å².